The summed E-state index contributed by atoms with van der Waals surface area (Å²) >= 11 is 3.45. The predicted octanol–water partition coefficient (Wildman–Crippen LogP) is 2.66. The number of rotatable bonds is 9. The molecule has 5 rings (SSSR count). The minimum Gasteiger partial charge on any atom is -0.382 e. The normalized spacial score (nSPS) is 16.6. The fourth-order valence-corrected chi connectivity index (χ4v) is 4.90. The predicted molar refractivity (Wildman–Crippen MR) is 135 cm³/mol. The Kier molecular flexibility index (Phi) is 7.70. The Morgan fingerprint density at radius 1 is 0.919 bits per heavy atom. The number of hydrogen-bond acceptors (Lipinski definition) is 7. The monoisotopic (exact) mass is 572 g/mol. The highest BCUT2D eigenvalue weighted by atomic mass is 79.9. The number of halogens is 3. The lowest BCUT2D eigenvalue weighted by Crippen LogP contribution is -2.52. The Morgan fingerprint density at radius 3 is 2.38 bits per heavy atom. The lowest BCUT2D eigenvalue weighted by molar-refractivity contribution is -0.0324. The van der Waals surface area contributed by atoms with Gasteiger partial charge in [-0.2, -0.15) is 5.10 Å². The van der Waals surface area contributed by atoms with Crippen molar-refractivity contribution in [2.75, 3.05) is 32.7 Å². The molecular weight excluding hydrogens is 546 g/mol. The SMILES string of the molecule is OC(CN1CCN(Cc2cn(Cc3ccc(Br)cc3)nn2)CC1)(Cn1cncn1)c1ccc(F)cc1F. The van der Waals surface area contributed by atoms with E-state index in [4.69, 9.17) is 0 Å². The topological polar surface area (TPSA) is 88.1 Å². The molecule has 1 fully saturated rings. The fourth-order valence-electron chi connectivity index (χ4n) is 4.64. The van der Waals surface area contributed by atoms with Crippen molar-refractivity contribution >= 4 is 15.9 Å². The van der Waals surface area contributed by atoms with Gasteiger partial charge in [0, 0.05) is 55.4 Å². The second kappa shape index (κ2) is 11.1. The molecule has 0 aliphatic carbocycles. The number of nitrogens with zero attached hydrogens (tertiary/aromatic N) is 8. The molecular formula is C25H27BrF2N8O. The third-order valence-electron chi connectivity index (χ3n) is 6.50. The van der Waals surface area contributed by atoms with Gasteiger partial charge in [-0.25, -0.2) is 23.1 Å². The first-order chi connectivity index (χ1) is 17.9. The van der Waals surface area contributed by atoms with Gasteiger partial charge >= 0.3 is 0 Å². The summed E-state index contributed by atoms with van der Waals surface area (Å²) in [6.45, 7) is 4.35. The van der Waals surface area contributed by atoms with E-state index < -0.39 is 17.2 Å². The molecule has 0 radical (unpaired) electrons. The third-order valence-corrected chi connectivity index (χ3v) is 7.03. The van der Waals surface area contributed by atoms with Crippen molar-refractivity contribution in [2.45, 2.75) is 25.2 Å². The second-order valence-electron chi connectivity index (χ2n) is 9.34. The Morgan fingerprint density at radius 2 is 1.68 bits per heavy atom. The number of aliphatic hydroxyl groups is 1. The first-order valence-electron chi connectivity index (χ1n) is 11.9. The molecule has 4 aromatic rings. The van der Waals surface area contributed by atoms with Crippen LogP contribution in [-0.2, 0) is 25.2 Å². The minimum absolute atomic E-state index is 0.00274. The van der Waals surface area contributed by atoms with Crippen molar-refractivity contribution < 1.29 is 13.9 Å². The average molecular weight is 573 g/mol. The van der Waals surface area contributed by atoms with Crippen LogP contribution in [0.4, 0.5) is 8.78 Å². The zero-order valence-electron chi connectivity index (χ0n) is 20.1. The van der Waals surface area contributed by atoms with Gasteiger partial charge in [0.2, 0.25) is 0 Å². The number of aromatic nitrogens is 6. The highest BCUT2D eigenvalue weighted by molar-refractivity contribution is 9.10. The lowest BCUT2D eigenvalue weighted by Gasteiger charge is -2.39. The maximum Gasteiger partial charge on any atom is 0.137 e. The van der Waals surface area contributed by atoms with Gasteiger partial charge in [0.1, 0.15) is 29.9 Å². The summed E-state index contributed by atoms with van der Waals surface area (Å²) in [5, 5.41) is 24.2. The van der Waals surface area contributed by atoms with Crippen molar-refractivity contribution in [3.8, 4) is 0 Å². The summed E-state index contributed by atoms with van der Waals surface area (Å²) < 4.78 is 32.6. The van der Waals surface area contributed by atoms with E-state index >= 15 is 0 Å². The zero-order chi connectivity index (χ0) is 25.8. The molecule has 1 aliphatic heterocycles. The number of β-amino-alcohol motifs (C(OH)–C–C–N with tert-alkyl or cyclic N) is 1. The summed E-state index contributed by atoms with van der Waals surface area (Å²) in [7, 11) is 0. The van der Waals surface area contributed by atoms with Crippen molar-refractivity contribution in [3.63, 3.8) is 0 Å². The molecule has 3 heterocycles. The molecule has 1 unspecified atom stereocenters. The van der Waals surface area contributed by atoms with E-state index in [-0.39, 0.29) is 18.7 Å². The van der Waals surface area contributed by atoms with E-state index in [1.54, 1.807) is 0 Å². The Bertz CT molecular complexity index is 1310. The lowest BCUT2D eigenvalue weighted by atomic mass is 9.92. The van der Waals surface area contributed by atoms with E-state index in [0.717, 1.165) is 41.0 Å². The molecule has 1 saturated heterocycles. The standard InChI is InChI=1S/C25H27BrF2N8O/c26-20-3-1-19(2-4-20)12-35-14-22(31-32-35)13-33-7-9-34(10-8-33)15-25(37,16-36-18-29-17-30-36)23-6-5-21(27)11-24(23)28/h1-6,11,14,17-18,37H,7-10,12-13,15-16H2. The first kappa shape index (κ1) is 25.6. The summed E-state index contributed by atoms with van der Waals surface area (Å²) in [6.07, 6.45) is 4.78. The molecule has 1 aliphatic rings. The summed E-state index contributed by atoms with van der Waals surface area (Å²) in [5.74, 6) is -1.47. The van der Waals surface area contributed by atoms with Gasteiger partial charge in [0.15, 0.2) is 0 Å². The molecule has 0 spiro atoms. The molecule has 0 bridgehead atoms. The molecule has 37 heavy (non-hydrogen) atoms. The van der Waals surface area contributed by atoms with Gasteiger partial charge in [-0.3, -0.25) is 9.80 Å². The molecule has 0 saturated carbocycles. The zero-order valence-corrected chi connectivity index (χ0v) is 21.7. The molecule has 0 amide bonds. The summed E-state index contributed by atoms with van der Waals surface area (Å²) in [6, 6.07) is 11.4. The Balaban J connectivity index is 1.19. The number of benzene rings is 2. The average Bonchev–Trinajstić information content (AvgIpc) is 3.54. The third kappa shape index (κ3) is 6.45. The van der Waals surface area contributed by atoms with Crippen LogP contribution in [-0.4, -0.2) is 77.4 Å². The molecule has 194 valence electrons. The van der Waals surface area contributed by atoms with E-state index in [1.807, 2.05) is 35.1 Å². The minimum atomic E-state index is -1.61. The van der Waals surface area contributed by atoms with Crippen LogP contribution in [0, 0.1) is 11.6 Å². The van der Waals surface area contributed by atoms with Gasteiger partial charge in [0.25, 0.3) is 0 Å². The highest BCUT2D eigenvalue weighted by Crippen LogP contribution is 2.28. The van der Waals surface area contributed by atoms with Gasteiger partial charge < -0.3 is 5.11 Å². The molecule has 9 nitrogen and oxygen atoms in total. The van der Waals surface area contributed by atoms with Crippen LogP contribution in [0.5, 0.6) is 0 Å². The van der Waals surface area contributed by atoms with Crippen LogP contribution in [0.3, 0.4) is 0 Å². The molecule has 12 heteroatoms. The van der Waals surface area contributed by atoms with Gasteiger partial charge in [-0.05, 0) is 23.8 Å². The van der Waals surface area contributed by atoms with Crippen molar-refractivity contribution in [3.05, 3.63) is 94.2 Å². The van der Waals surface area contributed by atoms with E-state index in [2.05, 4.69) is 46.1 Å². The smallest absolute Gasteiger partial charge is 0.137 e. The van der Waals surface area contributed by atoms with E-state index in [1.165, 1.54) is 23.4 Å². The quantitative estimate of drug-likeness (QED) is 0.330. The van der Waals surface area contributed by atoms with Gasteiger partial charge in [0.05, 0.1) is 25.0 Å². The largest absolute Gasteiger partial charge is 0.382 e. The van der Waals surface area contributed by atoms with Gasteiger partial charge in [-0.15, -0.1) is 5.10 Å². The second-order valence-corrected chi connectivity index (χ2v) is 10.3. The Labute approximate surface area is 221 Å². The van der Waals surface area contributed by atoms with Crippen molar-refractivity contribution in [2.24, 2.45) is 0 Å². The highest BCUT2D eigenvalue weighted by Gasteiger charge is 2.36. The van der Waals surface area contributed by atoms with Crippen LogP contribution in [0.1, 0.15) is 16.8 Å². The molecule has 1 atom stereocenters. The maximum atomic E-state index is 14.7. The summed E-state index contributed by atoms with van der Waals surface area (Å²) in [5.41, 5.74) is 0.462. The van der Waals surface area contributed by atoms with Gasteiger partial charge in [-0.1, -0.05) is 39.3 Å². The van der Waals surface area contributed by atoms with Crippen molar-refractivity contribution in [1.29, 1.82) is 0 Å². The molecule has 2 aromatic carbocycles. The fraction of sp³-hybridized carbons (Fsp3) is 0.360. The van der Waals surface area contributed by atoms with Crippen LogP contribution < -0.4 is 0 Å². The molecule has 2 aromatic heterocycles. The van der Waals surface area contributed by atoms with E-state index in [9.17, 15) is 13.9 Å². The number of piperazine rings is 1. The maximum absolute atomic E-state index is 14.7. The Hall–Kier alpha value is -3.06. The van der Waals surface area contributed by atoms with E-state index in [0.29, 0.717) is 26.2 Å². The number of hydrogen-bond donors (Lipinski definition) is 1. The van der Waals surface area contributed by atoms with Crippen LogP contribution in [0.25, 0.3) is 0 Å². The molecule has 1 N–H and O–H groups in total. The van der Waals surface area contributed by atoms with Crippen LogP contribution >= 0.6 is 15.9 Å². The van der Waals surface area contributed by atoms with Crippen LogP contribution in [0.15, 0.2) is 65.8 Å². The van der Waals surface area contributed by atoms with Crippen LogP contribution in [0.2, 0.25) is 0 Å². The van der Waals surface area contributed by atoms with Crippen molar-refractivity contribution in [1.82, 2.24) is 39.6 Å². The summed E-state index contributed by atoms with van der Waals surface area (Å²) in [4.78, 5) is 8.27. The first-order valence-corrected chi connectivity index (χ1v) is 12.7.